The second-order valence-corrected chi connectivity index (χ2v) is 6.16. The van der Waals surface area contributed by atoms with Gasteiger partial charge in [0.2, 0.25) is 0 Å². The van der Waals surface area contributed by atoms with Crippen molar-refractivity contribution < 1.29 is 5.21 Å². The van der Waals surface area contributed by atoms with Crippen LogP contribution in [0, 0.1) is 17.3 Å². The Morgan fingerprint density at radius 3 is 2.33 bits per heavy atom. The average molecular weight is 210 g/mol. The molecule has 1 N–H and O–H groups in total. The van der Waals surface area contributed by atoms with E-state index in [2.05, 4.69) is 44.9 Å². The van der Waals surface area contributed by atoms with E-state index in [0.717, 1.165) is 30.4 Å². The van der Waals surface area contributed by atoms with Gasteiger partial charge in [-0.05, 0) is 51.1 Å². The number of fused-ring (bicyclic) bond motifs is 1. The molecule has 0 spiro atoms. The first-order valence-corrected chi connectivity index (χ1v) is 5.73. The molecule has 0 saturated heterocycles. The summed E-state index contributed by atoms with van der Waals surface area (Å²) < 4.78 is 0. The molecule has 2 aliphatic rings. The summed E-state index contributed by atoms with van der Waals surface area (Å²) in [6.07, 6.45) is 2.08. The second kappa shape index (κ2) is 2.97. The summed E-state index contributed by atoms with van der Waals surface area (Å²) >= 11 is 0. The molecule has 0 amide bonds. The molecule has 2 aliphatic carbocycles. The molecular formula is C12H22N2O. The molecule has 0 aromatic heterocycles. The molecule has 3 heteroatoms. The fraction of sp³-hybridized carbons (Fsp3) is 0.917. The first-order chi connectivity index (χ1) is 6.84. The van der Waals surface area contributed by atoms with E-state index in [4.69, 9.17) is 5.21 Å². The van der Waals surface area contributed by atoms with Gasteiger partial charge in [0.05, 0.1) is 11.3 Å². The van der Waals surface area contributed by atoms with Crippen LogP contribution in [0.2, 0.25) is 0 Å². The predicted molar refractivity (Wildman–Crippen MR) is 61.3 cm³/mol. The third kappa shape index (κ3) is 1.32. The smallest absolute Gasteiger partial charge is 0.0773 e. The van der Waals surface area contributed by atoms with Crippen LogP contribution in [0.15, 0.2) is 5.16 Å². The molecule has 15 heavy (non-hydrogen) atoms. The Balaban J connectivity index is 2.27. The second-order valence-electron chi connectivity index (χ2n) is 6.16. The van der Waals surface area contributed by atoms with Gasteiger partial charge >= 0.3 is 0 Å². The van der Waals surface area contributed by atoms with E-state index in [1.807, 2.05) is 0 Å². The molecule has 0 bridgehead atoms. The van der Waals surface area contributed by atoms with Crippen molar-refractivity contribution in [3.05, 3.63) is 0 Å². The zero-order chi connectivity index (χ0) is 11.4. The Hall–Kier alpha value is -0.570. The van der Waals surface area contributed by atoms with Crippen molar-refractivity contribution in [3.63, 3.8) is 0 Å². The van der Waals surface area contributed by atoms with Crippen LogP contribution >= 0.6 is 0 Å². The highest BCUT2D eigenvalue weighted by Gasteiger charge is 2.63. The summed E-state index contributed by atoms with van der Waals surface area (Å²) in [6.45, 7) is 6.85. The summed E-state index contributed by atoms with van der Waals surface area (Å²) in [5.74, 6) is 1.53. The standard InChI is InChI=1S/C12H22N2O/c1-11(2)8-6-10(13-15)12(3,14(4)5)7-9(8)11/h8-9,15H,6-7H2,1-5H3. The molecule has 2 rings (SSSR count). The lowest BCUT2D eigenvalue weighted by atomic mass is 9.80. The molecule has 86 valence electrons. The summed E-state index contributed by atoms with van der Waals surface area (Å²) in [5.41, 5.74) is 1.35. The Morgan fingerprint density at radius 1 is 1.27 bits per heavy atom. The molecule has 3 unspecified atom stereocenters. The topological polar surface area (TPSA) is 35.8 Å². The SMILES string of the molecule is CN(C)C1(C)CC2C(CC1=NO)C2(C)C. The van der Waals surface area contributed by atoms with E-state index in [1.54, 1.807) is 0 Å². The van der Waals surface area contributed by atoms with Gasteiger partial charge < -0.3 is 5.21 Å². The predicted octanol–water partition coefficient (Wildman–Crippen LogP) is 2.20. The summed E-state index contributed by atoms with van der Waals surface area (Å²) in [7, 11) is 4.14. The minimum atomic E-state index is -0.0519. The highest BCUT2D eigenvalue weighted by atomic mass is 16.4. The first-order valence-electron chi connectivity index (χ1n) is 5.73. The van der Waals surface area contributed by atoms with Gasteiger partial charge in [-0.15, -0.1) is 0 Å². The molecule has 0 aromatic carbocycles. The van der Waals surface area contributed by atoms with Crippen molar-refractivity contribution in [1.82, 2.24) is 4.90 Å². The monoisotopic (exact) mass is 210 g/mol. The van der Waals surface area contributed by atoms with E-state index < -0.39 is 0 Å². The molecule has 0 aromatic rings. The summed E-state index contributed by atoms with van der Waals surface area (Å²) in [4.78, 5) is 2.19. The van der Waals surface area contributed by atoms with Crippen molar-refractivity contribution in [2.45, 2.75) is 39.2 Å². The van der Waals surface area contributed by atoms with Crippen molar-refractivity contribution in [1.29, 1.82) is 0 Å². The van der Waals surface area contributed by atoms with Crippen LogP contribution in [0.1, 0.15) is 33.6 Å². The number of hydrogen-bond donors (Lipinski definition) is 1. The van der Waals surface area contributed by atoms with E-state index in [0.29, 0.717) is 5.41 Å². The lowest BCUT2D eigenvalue weighted by Crippen LogP contribution is -2.51. The molecule has 0 aliphatic heterocycles. The van der Waals surface area contributed by atoms with Gasteiger partial charge in [0.1, 0.15) is 0 Å². The average Bonchev–Trinajstić information content (AvgIpc) is 2.66. The van der Waals surface area contributed by atoms with E-state index in [-0.39, 0.29) is 5.54 Å². The highest BCUT2D eigenvalue weighted by molar-refractivity contribution is 5.94. The normalized spacial score (nSPS) is 45.6. The fourth-order valence-corrected chi connectivity index (χ4v) is 3.23. The molecule has 0 heterocycles. The summed E-state index contributed by atoms with van der Waals surface area (Å²) in [6, 6.07) is 0. The molecule has 2 fully saturated rings. The maximum absolute atomic E-state index is 9.14. The first kappa shape index (κ1) is 10.9. The van der Waals surface area contributed by atoms with Crippen LogP contribution in [0.4, 0.5) is 0 Å². The summed E-state index contributed by atoms with van der Waals surface area (Å²) in [5, 5.41) is 12.7. The lowest BCUT2D eigenvalue weighted by molar-refractivity contribution is 0.197. The van der Waals surface area contributed by atoms with Gasteiger partial charge in [-0.1, -0.05) is 19.0 Å². The van der Waals surface area contributed by atoms with Gasteiger partial charge in [-0.3, -0.25) is 4.90 Å². The fourth-order valence-electron chi connectivity index (χ4n) is 3.23. The third-order valence-electron chi connectivity index (χ3n) is 5.05. The zero-order valence-electron chi connectivity index (χ0n) is 10.4. The highest BCUT2D eigenvalue weighted by Crippen LogP contribution is 2.66. The van der Waals surface area contributed by atoms with Crippen molar-refractivity contribution in [2.75, 3.05) is 14.1 Å². The molecular weight excluding hydrogens is 188 g/mol. The van der Waals surface area contributed by atoms with Crippen LogP contribution in [0.25, 0.3) is 0 Å². The number of oxime groups is 1. The molecule has 3 atom stereocenters. The molecule has 3 nitrogen and oxygen atoms in total. The maximum atomic E-state index is 9.14. The van der Waals surface area contributed by atoms with Gasteiger partial charge in [-0.2, -0.15) is 0 Å². The van der Waals surface area contributed by atoms with Crippen molar-refractivity contribution >= 4 is 5.71 Å². The van der Waals surface area contributed by atoms with E-state index >= 15 is 0 Å². The zero-order valence-corrected chi connectivity index (χ0v) is 10.4. The van der Waals surface area contributed by atoms with Crippen LogP contribution in [-0.2, 0) is 0 Å². The minimum absolute atomic E-state index is 0.0519. The Morgan fingerprint density at radius 2 is 1.87 bits per heavy atom. The number of nitrogens with zero attached hydrogens (tertiary/aromatic N) is 2. The Kier molecular flexibility index (Phi) is 2.16. The quantitative estimate of drug-likeness (QED) is 0.532. The van der Waals surface area contributed by atoms with Crippen LogP contribution in [0.3, 0.4) is 0 Å². The van der Waals surface area contributed by atoms with Gasteiger partial charge in [-0.25, -0.2) is 0 Å². The maximum Gasteiger partial charge on any atom is 0.0773 e. The largest absolute Gasteiger partial charge is 0.411 e. The lowest BCUT2D eigenvalue weighted by Gasteiger charge is -2.39. The third-order valence-corrected chi connectivity index (χ3v) is 5.05. The van der Waals surface area contributed by atoms with Crippen molar-refractivity contribution in [3.8, 4) is 0 Å². The van der Waals surface area contributed by atoms with Crippen LogP contribution in [0.5, 0.6) is 0 Å². The number of hydrogen-bond acceptors (Lipinski definition) is 3. The Bertz CT molecular complexity index is 309. The van der Waals surface area contributed by atoms with Crippen LogP contribution in [-0.4, -0.2) is 35.5 Å². The minimum Gasteiger partial charge on any atom is -0.411 e. The van der Waals surface area contributed by atoms with Gasteiger partial charge in [0.15, 0.2) is 0 Å². The molecule has 0 radical (unpaired) electrons. The van der Waals surface area contributed by atoms with E-state index in [1.165, 1.54) is 0 Å². The van der Waals surface area contributed by atoms with Gasteiger partial charge in [0, 0.05) is 0 Å². The Labute approximate surface area is 92.1 Å². The van der Waals surface area contributed by atoms with Crippen molar-refractivity contribution in [2.24, 2.45) is 22.4 Å². The molecule has 2 saturated carbocycles. The van der Waals surface area contributed by atoms with E-state index in [9.17, 15) is 0 Å². The van der Waals surface area contributed by atoms with Crippen LogP contribution < -0.4 is 0 Å². The number of rotatable bonds is 1. The van der Waals surface area contributed by atoms with Gasteiger partial charge in [0.25, 0.3) is 0 Å².